The molecule has 1 nitrogen and oxygen atoms in total. The molecular weight excluding hydrogens is 298 g/mol. The first-order valence-corrected chi connectivity index (χ1v) is 7.13. The average molecular weight is 313 g/mol. The van der Waals surface area contributed by atoms with Crippen LogP contribution in [0.15, 0.2) is 42.5 Å². The van der Waals surface area contributed by atoms with Gasteiger partial charge in [-0.2, -0.15) is 0 Å². The van der Waals surface area contributed by atoms with E-state index < -0.39 is 5.82 Å². The van der Waals surface area contributed by atoms with Gasteiger partial charge in [-0.15, -0.1) is 0 Å². The van der Waals surface area contributed by atoms with E-state index >= 15 is 0 Å². The summed E-state index contributed by atoms with van der Waals surface area (Å²) in [5, 5.41) is 10.3. The molecule has 2 rings (SSSR count). The Bertz CT molecular complexity index is 586. The molecule has 0 radical (unpaired) electrons. The number of rotatable bonds is 5. The molecule has 1 atom stereocenters. The van der Waals surface area contributed by atoms with Crippen LogP contribution in [0.5, 0.6) is 0 Å². The predicted octanol–water partition coefficient (Wildman–Crippen LogP) is 4.53. The molecule has 0 aliphatic heterocycles. The number of hydrogen-bond acceptors (Lipinski definition) is 1. The van der Waals surface area contributed by atoms with Crippen LogP contribution in [0.25, 0.3) is 0 Å². The monoisotopic (exact) mass is 312 g/mol. The third kappa shape index (κ3) is 4.20. The fraction of sp³-hybridized carbons (Fsp3) is 0.250. The quantitative estimate of drug-likeness (QED) is 0.860. The Hall–Kier alpha value is -1.09. The van der Waals surface area contributed by atoms with Crippen molar-refractivity contribution in [1.82, 2.24) is 0 Å². The lowest BCUT2D eigenvalue weighted by Gasteiger charge is -2.15. The summed E-state index contributed by atoms with van der Waals surface area (Å²) >= 11 is 11.6. The van der Waals surface area contributed by atoms with Crippen molar-refractivity contribution in [3.05, 3.63) is 69.5 Å². The molecule has 0 fully saturated rings. The Morgan fingerprint density at radius 2 is 1.70 bits per heavy atom. The molecule has 0 heterocycles. The lowest BCUT2D eigenvalue weighted by atomic mass is 9.93. The van der Waals surface area contributed by atoms with Gasteiger partial charge in [0.2, 0.25) is 0 Å². The molecule has 0 saturated carbocycles. The molecule has 106 valence electrons. The zero-order valence-electron chi connectivity index (χ0n) is 10.8. The second kappa shape index (κ2) is 7.07. The third-order valence-corrected chi connectivity index (χ3v) is 3.72. The maximum Gasteiger partial charge on any atom is 0.142 e. The highest BCUT2D eigenvalue weighted by Gasteiger charge is 2.11. The zero-order valence-corrected chi connectivity index (χ0v) is 12.3. The highest BCUT2D eigenvalue weighted by atomic mass is 35.5. The maximum atomic E-state index is 13.4. The Balaban J connectivity index is 2.07. The molecule has 0 saturated heterocycles. The van der Waals surface area contributed by atoms with Gasteiger partial charge in [0.15, 0.2) is 0 Å². The summed E-state index contributed by atoms with van der Waals surface area (Å²) in [6, 6.07) is 12.3. The van der Waals surface area contributed by atoms with Crippen molar-refractivity contribution in [2.75, 3.05) is 6.61 Å². The first kappa shape index (κ1) is 15.3. The third-order valence-electron chi connectivity index (χ3n) is 3.18. The van der Waals surface area contributed by atoms with Crippen molar-refractivity contribution >= 4 is 23.2 Å². The first-order valence-electron chi connectivity index (χ1n) is 6.37. The van der Waals surface area contributed by atoms with Gasteiger partial charge in [0.1, 0.15) is 5.82 Å². The molecule has 0 amide bonds. The molecule has 0 spiro atoms. The van der Waals surface area contributed by atoms with E-state index in [0.29, 0.717) is 17.9 Å². The Morgan fingerprint density at radius 3 is 2.30 bits per heavy atom. The van der Waals surface area contributed by atoms with Crippen molar-refractivity contribution in [1.29, 1.82) is 0 Å². The van der Waals surface area contributed by atoms with Gasteiger partial charge in [-0.1, -0.05) is 41.4 Å². The first-order chi connectivity index (χ1) is 9.58. The summed E-state index contributed by atoms with van der Waals surface area (Å²) in [5.41, 5.74) is 1.89. The highest BCUT2D eigenvalue weighted by Crippen LogP contribution is 2.20. The van der Waals surface area contributed by atoms with Crippen molar-refractivity contribution in [3.8, 4) is 0 Å². The van der Waals surface area contributed by atoms with Gasteiger partial charge in [-0.25, -0.2) is 4.39 Å². The number of aliphatic hydroxyl groups is 1. The molecule has 4 heteroatoms. The molecule has 0 aliphatic rings. The predicted molar refractivity (Wildman–Crippen MR) is 80.8 cm³/mol. The minimum absolute atomic E-state index is 0.0223. The SMILES string of the molecule is OCC(Cc1cccc(Cl)c1)Cc1ccc(Cl)c(F)c1. The van der Waals surface area contributed by atoms with E-state index in [4.69, 9.17) is 23.2 Å². The lowest BCUT2D eigenvalue weighted by Crippen LogP contribution is -2.13. The Kier molecular flexibility index (Phi) is 5.41. The molecule has 2 aromatic rings. The fourth-order valence-corrected chi connectivity index (χ4v) is 2.53. The molecule has 20 heavy (non-hydrogen) atoms. The normalized spacial score (nSPS) is 12.4. The van der Waals surface area contributed by atoms with Crippen LogP contribution < -0.4 is 0 Å². The van der Waals surface area contributed by atoms with Crippen LogP contribution in [0, 0.1) is 11.7 Å². The van der Waals surface area contributed by atoms with Crippen molar-refractivity contribution in [2.24, 2.45) is 5.92 Å². The standard InChI is InChI=1S/C16H15Cl2FO/c17-14-3-1-2-11(8-14)6-13(10-20)7-12-4-5-15(18)16(19)9-12/h1-5,8-9,13,20H,6-7,10H2. The largest absolute Gasteiger partial charge is 0.396 e. The van der Waals surface area contributed by atoms with Gasteiger partial charge in [0.05, 0.1) is 5.02 Å². The summed E-state index contributed by atoms with van der Waals surface area (Å²) in [6.45, 7) is 0.0385. The van der Waals surface area contributed by atoms with Crippen molar-refractivity contribution in [3.63, 3.8) is 0 Å². The molecule has 0 bridgehead atoms. The van der Waals surface area contributed by atoms with E-state index in [0.717, 1.165) is 11.1 Å². The van der Waals surface area contributed by atoms with Crippen LogP contribution in [0.3, 0.4) is 0 Å². The fourth-order valence-electron chi connectivity index (χ4n) is 2.20. The molecule has 0 aliphatic carbocycles. The summed E-state index contributed by atoms with van der Waals surface area (Å²) in [4.78, 5) is 0. The second-order valence-corrected chi connectivity index (χ2v) is 5.68. The van der Waals surface area contributed by atoms with Crippen LogP contribution in [0.1, 0.15) is 11.1 Å². The van der Waals surface area contributed by atoms with Gasteiger partial charge >= 0.3 is 0 Å². The molecule has 1 N–H and O–H groups in total. The minimum atomic E-state index is -0.427. The molecule has 2 aromatic carbocycles. The van der Waals surface area contributed by atoms with Gasteiger partial charge in [0, 0.05) is 11.6 Å². The zero-order chi connectivity index (χ0) is 14.5. The van der Waals surface area contributed by atoms with E-state index in [-0.39, 0.29) is 17.5 Å². The number of benzene rings is 2. The van der Waals surface area contributed by atoms with Crippen LogP contribution in [0.2, 0.25) is 10.0 Å². The van der Waals surface area contributed by atoms with Crippen molar-refractivity contribution < 1.29 is 9.50 Å². The number of hydrogen-bond donors (Lipinski definition) is 1. The van der Waals surface area contributed by atoms with Gasteiger partial charge in [0.25, 0.3) is 0 Å². The highest BCUT2D eigenvalue weighted by molar-refractivity contribution is 6.30. The second-order valence-electron chi connectivity index (χ2n) is 4.84. The number of halogens is 3. The smallest absolute Gasteiger partial charge is 0.142 e. The van der Waals surface area contributed by atoms with Crippen molar-refractivity contribution in [2.45, 2.75) is 12.8 Å². The van der Waals surface area contributed by atoms with Gasteiger partial charge in [-0.05, 0) is 54.2 Å². The van der Waals surface area contributed by atoms with Crippen LogP contribution in [-0.4, -0.2) is 11.7 Å². The summed E-state index contributed by atoms with van der Waals surface area (Å²) in [6.07, 6.45) is 1.29. The van der Waals surface area contributed by atoms with E-state index in [1.165, 1.54) is 6.07 Å². The van der Waals surface area contributed by atoms with E-state index in [2.05, 4.69) is 0 Å². The lowest BCUT2D eigenvalue weighted by molar-refractivity contribution is 0.225. The van der Waals surface area contributed by atoms with Gasteiger partial charge in [-0.3, -0.25) is 0 Å². The van der Waals surface area contributed by atoms with Crippen LogP contribution >= 0.6 is 23.2 Å². The summed E-state index contributed by atoms with van der Waals surface area (Å²) in [5.74, 6) is -0.405. The summed E-state index contributed by atoms with van der Waals surface area (Å²) < 4.78 is 13.4. The van der Waals surface area contributed by atoms with E-state index in [1.54, 1.807) is 12.1 Å². The van der Waals surface area contributed by atoms with Crippen LogP contribution in [0.4, 0.5) is 4.39 Å². The molecule has 1 unspecified atom stereocenters. The van der Waals surface area contributed by atoms with Crippen LogP contribution in [-0.2, 0) is 12.8 Å². The molecule has 0 aromatic heterocycles. The van der Waals surface area contributed by atoms with Gasteiger partial charge < -0.3 is 5.11 Å². The van der Waals surface area contributed by atoms with E-state index in [9.17, 15) is 9.50 Å². The topological polar surface area (TPSA) is 20.2 Å². The summed E-state index contributed by atoms with van der Waals surface area (Å²) in [7, 11) is 0. The van der Waals surface area contributed by atoms with E-state index in [1.807, 2.05) is 24.3 Å². The number of aliphatic hydroxyl groups excluding tert-OH is 1. The molecular formula is C16H15Cl2FO. The Morgan fingerprint density at radius 1 is 1.00 bits per heavy atom. The Labute approximate surface area is 128 Å². The maximum absolute atomic E-state index is 13.4. The average Bonchev–Trinajstić information content (AvgIpc) is 2.42. The minimum Gasteiger partial charge on any atom is -0.396 e.